The molecule has 1 amide bonds. The normalized spacial score (nSPS) is 16.2. The molecule has 0 saturated carbocycles. The number of Topliss-reactive ketones (excluding diaryl/α,β-unsaturated/α-hetero) is 1. The van der Waals surface area contributed by atoms with E-state index in [-0.39, 0.29) is 17.9 Å². The van der Waals surface area contributed by atoms with Crippen LogP contribution in [0.1, 0.15) is 35.2 Å². The Labute approximate surface area is 237 Å². The third-order valence-corrected chi connectivity index (χ3v) is 6.81. The number of benzene rings is 3. The van der Waals surface area contributed by atoms with Gasteiger partial charge >= 0.3 is 0 Å². The largest absolute Gasteiger partial charge is 0.507 e. The van der Waals surface area contributed by atoms with Gasteiger partial charge in [0.1, 0.15) is 12.4 Å². The molecule has 1 aliphatic rings. The van der Waals surface area contributed by atoms with Crippen LogP contribution in [-0.2, 0) is 22.7 Å². The Morgan fingerprint density at radius 1 is 0.925 bits per heavy atom. The van der Waals surface area contributed by atoms with Crippen molar-refractivity contribution < 1.29 is 24.2 Å². The second kappa shape index (κ2) is 12.1. The number of ether oxygens (including phenoxy) is 2. The third kappa shape index (κ3) is 5.70. The molecule has 1 N–H and O–H groups in total. The van der Waals surface area contributed by atoms with Gasteiger partial charge in [0.05, 0.1) is 18.2 Å². The number of pyridine rings is 1. The van der Waals surface area contributed by atoms with Gasteiger partial charge in [-0.3, -0.25) is 14.6 Å². The van der Waals surface area contributed by atoms with E-state index in [0.717, 1.165) is 11.1 Å². The Hall–Kier alpha value is -4.62. The fourth-order valence-electron chi connectivity index (χ4n) is 4.66. The number of hydrogen-bond donors (Lipinski definition) is 1. The molecule has 8 heteroatoms. The highest BCUT2D eigenvalue weighted by atomic mass is 35.5. The summed E-state index contributed by atoms with van der Waals surface area (Å²) in [7, 11) is 0. The van der Waals surface area contributed by atoms with Crippen LogP contribution < -0.4 is 9.47 Å². The van der Waals surface area contributed by atoms with Crippen molar-refractivity contribution in [2.75, 3.05) is 6.61 Å². The first-order chi connectivity index (χ1) is 19.5. The summed E-state index contributed by atoms with van der Waals surface area (Å²) in [5.41, 5.74) is 2.70. The van der Waals surface area contributed by atoms with Crippen LogP contribution in [0.25, 0.3) is 5.76 Å². The maximum atomic E-state index is 13.4. The van der Waals surface area contributed by atoms with Gasteiger partial charge in [-0.2, -0.15) is 0 Å². The van der Waals surface area contributed by atoms with Gasteiger partial charge in [-0.1, -0.05) is 54.1 Å². The maximum absolute atomic E-state index is 13.4. The molecule has 4 aromatic rings. The predicted octanol–water partition coefficient (Wildman–Crippen LogP) is 6.33. The number of halogens is 1. The van der Waals surface area contributed by atoms with Crippen LogP contribution in [0.4, 0.5) is 0 Å². The molecule has 1 atom stereocenters. The van der Waals surface area contributed by atoms with Gasteiger partial charge in [-0.15, -0.1) is 0 Å². The van der Waals surface area contributed by atoms with Gasteiger partial charge in [0.25, 0.3) is 11.7 Å². The molecule has 2 heterocycles. The first kappa shape index (κ1) is 27.0. The summed E-state index contributed by atoms with van der Waals surface area (Å²) in [5, 5.41) is 11.8. The molecule has 7 nitrogen and oxygen atoms in total. The molecule has 202 valence electrons. The Morgan fingerprint density at radius 2 is 1.68 bits per heavy atom. The van der Waals surface area contributed by atoms with E-state index in [1.807, 2.05) is 43.3 Å². The van der Waals surface area contributed by atoms with Crippen molar-refractivity contribution in [1.29, 1.82) is 0 Å². The van der Waals surface area contributed by atoms with Crippen molar-refractivity contribution in [1.82, 2.24) is 9.88 Å². The molecule has 0 spiro atoms. The second-order valence-corrected chi connectivity index (χ2v) is 9.65. The maximum Gasteiger partial charge on any atom is 0.295 e. The third-order valence-electron chi connectivity index (χ3n) is 6.55. The number of carbonyl (C=O) groups excluding carboxylic acids is 2. The average molecular weight is 555 g/mol. The number of amides is 1. The highest BCUT2D eigenvalue weighted by molar-refractivity contribution is 6.46. The number of hydrogen-bond acceptors (Lipinski definition) is 6. The van der Waals surface area contributed by atoms with E-state index < -0.39 is 17.7 Å². The van der Waals surface area contributed by atoms with E-state index in [0.29, 0.717) is 40.9 Å². The minimum atomic E-state index is -0.877. The van der Waals surface area contributed by atoms with Crippen LogP contribution in [0.15, 0.2) is 103 Å². The summed E-state index contributed by atoms with van der Waals surface area (Å²) >= 11 is 6.03. The molecular formula is C32H27ClN2O5. The minimum Gasteiger partial charge on any atom is -0.507 e. The van der Waals surface area contributed by atoms with Crippen molar-refractivity contribution in [2.45, 2.75) is 26.1 Å². The lowest BCUT2D eigenvalue weighted by atomic mass is 9.95. The standard InChI is InChI=1S/C32H27ClN2O5/c1-2-39-27-17-24(12-15-26(27)40-20-21-7-4-3-5-8-21)29-28(30(36)23-10-13-25(33)14-11-23)31(37)32(38)35(29)19-22-9-6-16-34-18-22/h3-18,29,36H,2,19-20H2,1H3/b30-28+. The zero-order chi connectivity index (χ0) is 28.1. The van der Waals surface area contributed by atoms with Crippen molar-refractivity contribution >= 4 is 29.1 Å². The molecule has 1 unspecified atom stereocenters. The number of likely N-dealkylation sites (tertiary alicyclic amines) is 1. The Balaban J connectivity index is 1.58. The number of ketones is 1. The number of rotatable bonds is 9. The first-order valence-corrected chi connectivity index (χ1v) is 13.2. The van der Waals surface area contributed by atoms with Crippen LogP contribution in [0.3, 0.4) is 0 Å². The Morgan fingerprint density at radius 3 is 2.38 bits per heavy atom. The monoisotopic (exact) mass is 554 g/mol. The quantitative estimate of drug-likeness (QED) is 0.148. The second-order valence-electron chi connectivity index (χ2n) is 9.21. The van der Waals surface area contributed by atoms with E-state index in [1.54, 1.807) is 60.9 Å². The highest BCUT2D eigenvalue weighted by Gasteiger charge is 2.46. The molecule has 0 radical (unpaired) electrons. The summed E-state index contributed by atoms with van der Waals surface area (Å²) in [6.45, 7) is 2.71. The lowest BCUT2D eigenvalue weighted by molar-refractivity contribution is -0.140. The number of aliphatic hydroxyl groups excluding tert-OH is 1. The fourth-order valence-corrected chi connectivity index (χ4v) is 4.78. The lowest BCUT2D eigenvalue weighted by Crippen LogP contribution is -2.29. The molecule has 0 bridgehead atoms. The van der Waals surface area contributed by atoms with E-state index in [9.17, 15) is 14.7 Å². The molecule has 3 aromatic carbocycles. The van der Waals surface area contributed by atoms with Crippen LogP contribution in [0, 0.1) is 0 Å². The molecule has 1 fully saturated rings. The summed E-state index contributed by atoms with van der Waals surface area (Å²) in [5.74, 6) is -0.780. The van der Waals surface area contributed by atoms with Gasteiger partial charge in [-0.25, -0.2) is 0 Å². The Bertz CT molecular complexity index is 1540. The van der Waals surface area contributed by atoms with Crippen LogP contribution in [0.5, 0.6) is 11.5 Å². The van der Waals surface area contributed by atoms with Gasteiger partial charge < -0.3 is 19.5 Å². The van der Waals surface area contributed by atoms with Crippen LogP contribution in [0.2, 0.25) is 5.02 Å². The summed E-state index contributed by atoms with van der Waals surface area (Å²) in [6, 6.07) is 24.2. The van der Waals surface area contributed by atoms with E-state index in [1.165, 1.54) is 4.90 Å². The van der Waals surface area contributed by atoms with E-state index in [2.05, 4.69) is 4.98 Å². The zero-order valence-electron chi connectivity index (χ0n) is 21.8. The van der Waals surface area contributed by atoms with E-state index >= 15 is 0 Å². The van der Waals surface area contributed by atoms with Gasteiger partial charge in [-0.05, 0) is 66.1 Å². The Kier molecular flexibility index (Phi) is 8.12. The van der Waals surface area contributed by atoms with Crippen molar-refractivity contribution in [3.8, 4) is 11.5 Å². The molecule has 1 saturated heterocycles. The van der Waals surface area contributed by atoms with Crippen LogP contribution >= 0.6 is 11.6 Å². The number of aromatic nitrogens is 1. The van der Waals surface area contributed by atoms with Gasteiger partial charge in [0.15, 0.2) is 11.5 Å². The van der Waals surface area contributed by atoms with Crippen molar-refractivity contribution in [2.24, 2.45) is 0 Å². The number of nitrogens with zero attached hydrogens (tertiary/aromatic N) is 2. The molecule has 1 aliphatic heterocycles. The molecule has 40 heavy (non-hydrogen) atoms. The number of aliphatic hydroxyl groups is 1. The smallest absolute Gasteiger partial charge is 0.295 e. The van der Waals surface area contributed by atoms with Crippen molar-refractivity contribution in [3.05, 3.63) is 130 Å². The first-order valence-electron chi connectivity index (χ1n) is 12.8. The zero-order valence-corrected chi connectivity index (χ0v) is 22.5. The summed E-state index contributed by atoms with van der Waals surface area (Å²) in [6.07, 6.45) is 3.28. The predicted molar refractivity (Wildman–Crippen MR) is 152 cm³/mol. The van der Waals surface area contributed by atoms with E-state index in [4.69, 9.17) is 21.1 Å². The molecule has 5 rings (SSSR count). The number of carbonyl (C=O) groups is 2. The SMILES string of the molecule is CCOc1cc(C2/C(=C(\O)c3ccc(Cl)cc3)C(=O)C(=O)N2Cc2cccnc2)ccc1OCc1ccccc1. The average Bonchev–Trinajstić information content (AvgIpc) is 3.22. The summed E-state index contributed by atoms with van der Waals surface area (Å²) < 4.78 is 12.0. The lowest BCUT2D eigenvalue weighted by Gasteiger charge is -2.26. The molecule has 1 aromatic heterocycles. The van der Waals surface area contributed by atoms with Gasteiger partial charge in [0, 0.05) is 29.5 Å². The minimum absolute atomic E-state index is 0.0170. The molecule has 0 aliphatic carbocycles. The summed E-state index contributed by atoms with van der Waals surface area (Å²) in [4.78, 5) is 32.3. The highest BCUT2D eigenvalue weighted by Crippen LogP contribution is 2.43. The van der Waals surface area contributed by atoms with Gasteiger partial charge in [0.2, 0.25) is 0 Å². The van der Waals surface area contributed by atoms with Crippen molar-refractivity contribution in [3.63, 3.8) is 0 Å². The fraction of sp³-hybridized carbons (Fsp3) is 0.156. The topological polar surface area (TPSA) is 89.0 Å². The van der Waals surface area contributed by atoms with Crippen LogP contribution in [-0.4, -0.2) is 33.3 Å². The molecular weight excluding hydrogens is 528 g/mol.